The van der Waals surface area contributed by atoms with Crippen LogP contribution in [0.2, 0.25) is 0 Å². The average Bonchev–Trinajstić information content (AvgIpc) is 3.09. The molecule has 1 aliphatic carbocycles. The molecule has 2 rings (SSSR count). The second-order valence-corrected chi connectivity index (χ2v) is 6.09. The summed E-state index contributed by atoms with van der Waals surface area (Å²) in [4.78, 5) is 23.7. The molecular weight excluding hydrogens is 292 g/mol. The standard InChI is InChI=1S/C13H20N4O3S/c1-20-8-13(6-2-3-7-13)16-11(19)5-4-10(18)15-12-17-14-9-21-12/h9H,2-8H2,1H3,(H,16,19)(H,15,17,18). The van der Waals surface area contributed by atoms with Gasteiger partial charge in [-0.25, -0.2) is 0 Å². The molecule has 1 aliphatic rings. The number of anilines is 1. The zero-order valence-corrected chi connectivity index (χ0v) is 12.9. The number of rotatable bonds is 7. The van der Waals surface area contributed by atoms with E-state index in [-0.39, 0.29) is 30.2 Å². The summed E-state index contributed by atoms with van der Waals surface area (Å²) in [7, 11) is 1.64. The number of nitrogens with one attached hydrogen (secondary N) is 2. The molecule has 7 nitrogen and oxygen atoms in total. The number of hydrogen-bond donors (Lipinski definition) is 2. The number of carbonyl (C=O) groups excluding carboxylic acids is 2. The monoisotopic (exact) mass is 312 g/mol. The lowest BCUT2D eigenvalue weighted by atomic mass is 9.98. The largest absolute Gasteiger partial charge is 0.382 e. The molecule has 0 aromatic carbocycles. The molecule has 1 aromatic heterocycles. The van der Waals surface area contributed by atoms with Gasteiger partial charge >= 0.3 is 0 Å². The number of carbonyl (C=O) groups is 2. The fourth-order valence-electron chi connectivity index (χ4n) is 2.63. The third-order valence-electron chi connectivity index (χ3n) is 3.57. The molecule has 0 radical (unpaired) electrons. The van der Waals surface area contributed by atoms with Crippen molar-refractivity contribution in [2.45, 2.75) is 44.1 Å². The van der Waals surface area contributed by atoms with E-state index in [0.29, 0.717) is 11.7 Å². The van der Waals surface area contributed by atoms with Crippen LogP contribution in [-0.4, -0.2) is 41.3 Å². The third-order valence-corrected chi connectivity index (χ3v) is 4.18. The maximum absolute atomic E-state index is 12.0. The van der Waals surface area contributed by atoms with Crippen LogP contribution < -0.4 is 10.6 Å². The first-order chi connectivity index (χ1) is 10.1. The minimum absolute atomic E-state index is 0.110. The van der Waals surface area contributed by atoms with Crippen LogP contribution in [0.25, 0.3) is 0 Å². The van der Waals surface area contributed by atoms with Gasteiger partial charge in [-0.1, -0.05) is 24.2 Å². The molecule has 21 heavy (non-hydrogen) atoms. The van der Waals surface area contributed by atoms with E-state index in [9.17, 15) is 9.59 Å². The fraction of sp³-hybridized carbons (Fsp3) is 0.692. The highest BCUT2D eigenvalue weighted by Crippen LogP contribution is 2.30. The maximum Gasteiger partial charge on any atom is 0.226 e. The molecular formula is C13H20N4O3S. The van der Waals surface area contributed by atoms with Gasteiger partial charge in [0.25, 0.3) is 0 Å². The predicted molar refractivity (Wildman–Crippen MR) is 79.0 cm³/mol. The van der Waals surface area contributed by atoms with Crippen molar-refractivity contribution in [1.82, 2.24) is 15.5 Å². The number of ether oxygens (including phenoxy) is 1. The van der Waals surface area contributed by atoms with E-state index in [2.05, 4.69) is 20.8 Å². The zero-order chi connectivity index (χ0) is 15.1. The second-order valence-electron chi connectivity index (χ2n) is 5.26. The van der Waals surface area contributed by atoms with E-state index in [0.717, 1.165) is 25.7 Å². The SMILES string of the molecule is COCC1(NC(=O)CCC(=O)Nc2nncs2)CCCC1. The lowest BCUT2D eigenvalue weighted by molar-refractivity contribution is -0.126. The van der Waals surface area contributed by atoms with Gasteiger partial charge in [0, 0.05) is 20.0 Å². The van der Waals surface area contributed by atoms with E-state index in [1.807, 2.05) is 0 Å². The summed E-state index contributed by atoms with van der Waals surface area (Å²) in [5.41, 5.74) is 1.29. The van der Waals surface area contributed by atoms with E-state index in [1.165, 1.54) is 16.8 Å². The fourth-order valence-corrected chi connectivity index (χ4v) is 3.09. The van der Waals surface area contributed by atoms with Crippen molar-refractivity contribution >= 4 is 28.3 Å². The van der Waals surface area contributed by atoms with Crippen LogP contribution in [0.3, 0.4) is 0 Å². The zero-order valence-electron chi connectivity index (χ0n) is 12.1. The van der Waals surface area contributed by atoms with Crippen molar-refractivity contribution in [3.63, 3.8) is 0 Å². The highest BCUT2D eigenvalue weighted by molar-refractivity contribution is 7.13. The van der Waals surface area contributed by atoms with Crippen molar-refractivity contribution in [2.24, 2.45) is 0 Å². The first-order valence-electron chi connectivity index (χ1n) is 6.99. The van der Waals surface area contributed by atoms with Crippen molar-refractivity contribution < 1.29 is 14.3 Å². The van der Waals surface area contributed by atoms with Gasteiger partial charge in [0.05, 0.1) is 12.1 Å². The van der Waals surface area contributed by atoms with Crippen molar-refractivity contribution in [3.8, 4) is 0 Å². The summed E-state index contributed by atoms with van der Waals surface area (Å²) in [6, 6.07) is 0. The average molecular weight is 312 g/mol. The van der Waals surface area contributed by atoms with Gasteiger partial charge in [-0.15, -0.1) is 10.2 Å². The van der Waals surface area contributed by atoms with Crippen LogP contribution in [-0.2, 0) is 14.3 Å². The van der Waals surface area contributed by atoms with Gasteiger partial charge in [-0.2, -0.15) is 0 Å². The third kappa shape index (κ3) is 4.75. The normalized spacial score (nSPS) is 16.6. The van der Waals surface area contributed by atoms with Crippen LogP contribution >= 0.6 is 11.3 Å². The summed E-state index contributed by atoms with van der Waals surface area (Å²) in [6.07, 6.45) is 4.36. The molecule has 0 unspecified atom stereocenters. The Labute approximate surface area is 127 Å². The quantitative estimate of drug-likeness (QED) is 0.792. The summed E-state index contributed by atoms with van der Waals surface area (Å²) >= 11 is 1.25. The van der Waals surface area contributed by atoms with Gasteiger partial charge < -0.3 is 15.4 Å². The Hall–Kier alpha value is -1.54. The number of methoxy groups -OCH3 is 1. The highest BCUT2D eigenvalue weighted by atomic mass is 32.1. The molecule has 0 aliphatic heterocycles. The van der Waals surface area contributed by atoms with Crippen molar-refractivity contribution in [3.05, 3.63) is 5.51 Å². The van der Waals surface area contributed by atoms with Gasteiger partial charge in [0.15, 0.2) is 0 Å². The lowest BCUT2D eigenvalue weighted by Crippen LogP contribution is -2.49. The van der Waals surface area contributed by atoms with Gasteiger partial charge in [0.2, 0.25) is 16.9 Å². The molecule has 0 spiro atoms. The second kappa shape index (κ2) is 7.46. The van der Waals surface area contributed by atoms with Crippen LogP contribution in [0.4, 0.5) is 5.13 Å². The summed E-state index contributed by atoms with van der Waals surface area (Å²) in [5, 5.41) is 13.4. The first-order valence-corrected chi connectivity index (χ1v) is 7.87. The first kappa shape index (κ1) is 15.8. The van der Waals surface area contributed by atoms with Gasteiger partial charge in [-0.05, 0) is 12.8 Å². The smallest absolute Gasteiger partial charge is 0.226 e. The van der Waals surface area contributed by atoms with E-state index < -0.39 is 0 Å². The Morgan fingerprint density at radius 2 is 2.05 bits per heavy atom. The minimum Gasteiger partial charge on any atom is -0.382 e. The molecule has 1 aromatic rings. The topological polar surface area (TPSA) is 93.2 Å². The molecule has 1 saturated carbocycles. The van der Waals surface area contributed by atoms with E-state index in [1.54, 1.807) is 7.11 Å². The lowest BCUT2D eigenvalue weighted by Gasteiger charge is -2.29. The molecule has 2 amide bonds. The molecule has 1 heterocycles. The minimum atomic E-state index is -0.248. The predicted octanol–water partition coefficient (Wildman–Crippen LogP) is 1.33. The number of aromatic nitrogens is 2. The molecule has 116 valence electrons. The summed E-state index contributed by atoms with van der Waals surface area (Å²) in [5.74, 6) is -0.338. The highest BCUT2D eigenvalue weighted by Gasteiger charge is 2.35. The van der Waals surface area contributed by atoms with Crippen LogP contribution in [0, 0.1) is 0 Å². The maximum atomic E-state index is 12.0. The number of hydrogen-bond acceptors (Lipinski definition) is 6. The summed E-state index contributed by atoms with van der Waals surface area (Å²) in [6.45, 7) is 0.524. The Kier molecular flexibility index (Phi) is 5.63. The number of nitrogens with zero attached hydrogens (tertiary/aromatic N) is 2. The molecule has 0 bridgehead atoms. The van der Waals surface area contributed by atoms with Crippen LogP contribution in [0.15, 0.2) is 5.51 Å². The molecule has 8 heteroatoms. The van der Waals surface area contributed by atoms with Gasteiger partial charge in [-0.3, -0.25) is 9.59 Å². The number of amides is 2. The van der Waals surface area contributed by atoms with Crippen LogP contribution in [0.1, 0.15) is 38.5 Å². The van der Waals surface area contributed by atoms with Crippen LogP contribution in [0.5, 0.6) is 0 Å². The molecule has 2 N–H and O–H groups in total. The van der Waals surface area contributed by atoms with E-state index in [4.69, 9.17) is 4.74 Å². The molecule has 1 fully saturated rings. The van der Waals surface area contributed by atoms with Crippen molar-refractivity contribution in [1.29, 1.82) is 0 Å². The summed E-state index contributed by atoms with van der Waals surface area (Å²) < 4.78 is 5.22. The Morgan fingerprint density at radius 1 is 1.33 bits per heavy atom. The Balaban J connectivity index is 1.75. The molecule has 0 atom stereocenters. The Bertz CT molecular complexity index is 472. The van der Waals surface area contributed by atoms with E-state index >= 15 is 0 Å². The van der Waals surface area contributed by atoms with Crippen molar-refractivity contribution in [2.75, 3.05) is 19.0 Å². The van der Waals surface area contributed by atoms with Gasteiger partial charge in [0.1, 0.15) is 5.51 Å². The Morgan fingerprint density at radius 3 is 2.67 bits per heavy atom. The molecule has 0 saturated heterocycles.